The molecule has 31 heteroatoms. The van der Waals surface area contributed by atoms with Crippen LogP contribution in [0.1, 0.15) is 45.2 Å². The third-order valence-electron chi connectivity index (χ3n) is 8.94. The molecule has 0 spiro atoms. The normalized spacial score (nSPS) is 12.9. The molecule has 0 aliphatic carbocycles. The van der Waals surface area contributed by atoms with E-state index in [1.165, 1.54) is 105 Å². The Kier molecular flexibility index (Phi) is 36.3. The van der Waals surface area contributed by atoms with E-state index in [2.05, 4.69) is 25.5 Å². The zero-order chi connectivity index (χ0) is 62.8. The fourth-order valence-electron chi connectivity index (χ4n) is 4.74. The van der Waals surface area contributed by atoms with E-state index in [1.807, 2.05) is 19.0 Å². The molecule has 0 saturated carbocycles. The molecule has 5 aromatic carbocycles. The van der Waals surface area contributed by atoms with Gasteiger partial charge in [-0.05, 0) is 209 Å². The highest BCUT2D eigenvalue weighted by molar-refractivity contribution is 7.86. The maximum absolute atomic E-state index is 10.7. The second-order valence-electron chi connectivity index (χ2n) is 17.0. The van der Waals surface area contributed by atoms with Crippen LogP contribution in [0.4, 0.5) is 13.2 Å². The van der Waals surface area contributed by atoms with E-state index >= 15 is 0 Å². The Morgan fingerprint density at radius 3 is 1.11 bits per heavy atom. The molecule has 82 heavy (non-hydrogen) atoms. The maximum atomic E-state index is 10.7. The van der Waals surface area contributed by atoms with Crippen molar-refractivity contribution >= 4 is 95.3 Å². The van der Waals surface area contributed by atoms with E-state index in [0.29, 0.717) is 30.5 Å². The summed E-state index contributed by atoms with van der Waals surface area (Å²) in [5, 5.41) is 0. The number of alkyl halides is 3. The fraction of sp³-hybridized carbons (Fsp3) is 0.275. The number of esters is 1. The predicted molar refractivity (Wildman–Crippen MR) is 293 cm³/mol. The quantitative estimate of drug-likeness (QED) is 0.0321. The van der Waals surface area contributed by atoms with Gasteiger partial charge in [0.15, 0.2) is 22.5 Å². The minimum atomic E-state index is -6.09. The Balaban J connectivity index is 0.000000969. The van der Waals surface area contributed by atoms with Crippen LogP contribution in [0.5, 0.6) is 17.2 Å². The average molecular weight is 1270 g/mol. The van der Waals surface area contributed by atoms with E-state index < -0.39 is 82.9 Å². The number of likely N-dealkylation sites (N-methyl/N-ethyl adjacent to an activating group) is 1. The van der Waals surface area contributed by atoms with Gasteiger partial charge in [0.1, 0.15) is 23.9 Å². The van der Waals surface area contributed by atoms with Crippen molar-refractivity contribution < 1.29 is 103 Å². The molecule has 5 aromatic rings. The van der Waals surface area contributed by atoms with E-state index in [-0.39, 0.29) is 42.3 Å². The van der Waals surface area contributed by atoms with Crippen LogP contribution in [0, 0.1) is 5.41 Å². The summed E-state index contributed by atoms with van der Waals surface area (Å²) < 4.78 is 185. The molecule has 0 fully saturated rings. The van der Waals surface area contributed by atoms with Crippen molar-refractivity contribution in [3.63, 3.8) is 0 Å². The van der Waals surface area contributed by atoms with Crippen LogP contribution in [0.2, 0.25) is 0 Å². The van der Waals surface area contributed by atoms with Gasteiger partial charge in [-0.1, -0.05) is 51.1 Å². The summed E-state index contributed by atoms with van der Waals surface area (Å²) in [7, 11) is -0.900. The van der Waals surface area contributed by atoms with Gasteiger partial charge in [0.25, 0.3) is 0 Å². The van der Waals surface area contributed by atoms with Gasteiger partial charge < -0.3 is 56.9 Å². The number of ketones is 1. The third-order valence-corrected chi connectivity index (χ3v) is 12.8. The second-order valence-corrected chi connectivity index (χ2v) is 23.1. The summed E-state index contributed by atoms with van der Waals surface area (Å²) in [6.07, 6.45) is 6.76. The van der Waals surface area contributed by atoms with Crippen LogP contribution in [0.3, 0.4) is 0 Å². The Hall–Kier alpha value is -6.20. The molecule has 0 heterocycles. The number of halogens is 3. The van der Waals surface area contributed by atoms with Gasteiger partial charge >= 0.3 is 11.5 Å². The van der Waals surface area contributed by atoms with Crippen molar-refractivity contribution in [2.24, 2.45) is 11.1 Å². The molecule has 0 aliphatic rings. The summed E-state index contributed by atoms with van der Waals surface area (Å²) in [6.45, 7) is 9.78. The maximum Gasteiger partial charge on any atom is 0.485 e. The number of allylic oxidation sites excluding steroid dienone is 1. The van der Waals surface area contributed by atoms with Crippen LogP contribution in [-0.2, 0) is 84.6 Å². The monoisotopic (exact) mass is 1270 g/mol. The Bertz CT molecular complexity index is 2950. The van der Waals surface area contributed by atoms with Crippen molar-refractivity contribution in [2.75, 3.05) is 47.6 Å². The zero-order valence-corrected chi connectivity index (χ0v) is 49.6. The Labute approximate surface area is 485 Å². The molecular formula is C51H57F3N2O20S6-6. The minimum Gasteiger partial charge on any atom is -0.768 e. The number of hydrogen-bond acceptors (Lipinski definition) is 21. The molecule has 0 aliphatic heterocycles. The first-order chi connectivity index (χ1) is 38.0. The average Bonchev–Trinajstić information content (AvgIpc) is 3.42. The number of benzene rings is 5. The number of carbonyl (C=O) groups excluding carboxylic acids is 3. The van der Waals surface area contributed by atoms with E-state index in [1.54, 1.807) is 54.6 Å². The van der Waals surface area contributed by atoms with Crippen molar-refractivity contribution in [2.45, 2.75) is 64.1 Å². The predicted octanol–water partition coefficient (Wildman–Crippen LogP) is 6.08. The van der Waals surface area contributed by atoms with Crippen LogP contribution < -0.4 is 19.9 Å². The van der Waals surface area contributed by atoms with E-state index in [4.69, 9.17) is 32.9 Å². The third kappa shape index (κ3) is 37.0. The van der Waals surface area contributed by atoms with Crippen LogP contribution in [-0.4, -0.2) is 132 Å². The van der Waals surface area contributed by atoms with Gasteiger partial charge in [0.05, 0.1) is 13.7 Å². The number of methoxy groups -OCH3 is 1. The lowest BCUT2D eigenvalue weighted by molar-refractivity contribution is -0.143. The number of hydrogen-bond donors (Lipinski definition) is 1. The summed E-state index contributed by atoms with van der Waals surface area (Å²) in [4.78, 5) is 34.9. The molecule has 2 N–H and O–H groups in total. The van der Waals surface area contributed by atoms with Crippen molar-refractivity contribution in [1.29, 1.82) is 0 Å². The highest BCUT2D eigenvalue weighted by Gasteiger charge is 2.37. The molecule has 5 rings (SSSR count). The Morgan fingerprint density at radius 1 is 0.561 bits per heavy atom. The van der Waals surface area contributed by atoms with Crippen molar-refractivity contribution in [1.82, 2.24) is 4.90 Å². The molecule has 0 saturated heterocycles. The lowest BCUT2D eigenvalue weighted by Crippen LogP contribution is -2.21. The first kappa shape index (κ1) is 75.8. The first-order valence-corrected chi connectivity index (χ1v) is 29.6. The van der Waals surface area contributed by atoms with E-state index in [0.717, 1.165) is 24.1 Å². The smallest absolute Gasteiger partial charge is 0.485 e. The molecule has 0 radical (unpaired) electrons. The molecule has 22 nitrogen and oxygen atoms in total. The number of amides is 1. The lowest BCUT2D eigenvalue weighted by atomic mass is 9.93. The SMILES string of the molecule is CC(=O)/C=C/c1ccc(S(=O)[O-])cc1.CC(C)(C)CCOc1ccc(S(=O)[O-])cc1.CN(C)CCOc1ccc(S(=O)[O-])cc1.COC(=O)COc1ccc(S(=O)[O-])cc1.NC(=O)/C=C/c1ccc(S(=O)[O-])cc1.O=S(=O)([O-])C(F)(F)F. The van der Waals surface area contributed by atoms with Crippen molar-refractivity contribution in [3.05, 3.63) is 145 Å². The van der Waals surface area contributed by atoms with Crippen LogP contribution in [0.25, 0.3) is 12.2 Å². The summed E-state index contributed by atoms with van der Waals surface area (Å²) in [6, 6.07) is 30.8. The number of nitrogens with zero attached hydrogens (tertiary/aromatic N) is 1. The van der Waals surface area contributed by atoms with Crippen LogP contribution >= 0.6 is 0 Å². The number of primary amides is 1. The number of rotatable bonds is 19. The molecule has 0 aromatic heterocycles. The number of ether oxygens (including phenoxy) is 4. The molecule has 5 unspecified atom stereocenters. The lowest BCUT2D eigenvalue weighted by Gasteiger charge is -2.18. The second kappa shape index (κ2) is 39.3. The van der Waals surface area contributed by atoms with Gasteiger partial charge in [-0.15, -0.1) is 0 Å². The summed E-state index contributed by atoms with van der Waals surface area (Å²) in [5.74, 6) is 0.730. The summed E-state index contributed by atoms with van der Waals surface area (Å²) >= 11 is -11.0. The van der Waals surface area contributed by atoms with Crippen molar-refractivity contribution in [3.8, 4) is 17.2 Å². The van der Waals surface area contributed by atoms with E-state index in [9.17, 15) is 71.4 Å². The molecule has 0 bridgehead atoms. The molecular weight excluding hydrogens is 1210 g/mol. The fourth-order valence-corrected chi connectivity index (χ4v) is 6.53. The number of nitrogens with two attached hydrogens (primary N) is 1. The van der Waals surface area contributed by atoms with Gasteiger partial charge in [-0.3, -0.25) is 30.6 Å². The largest absolute Gasteiger partial charge is 0.768 e. The van der Waals surface area contributed by atoms with Gasteiger partial charge in [0.2, 0.25) is 5.91 Å². The van der Waals surface area contributed by atoms with Gasteiger partial charge in [-0.25, -0.2) is 13.2 Å². The minimum absolute atomic E-state index is 0.0403. The Morgan fingerprint density at radius 2 is 0.854 bits per heavy atom. The van der Waals surface area contributed by atoms with Gasteiger partial charge in [0, 0.05) is 37.1 Å². The highest BCUT2D eigenvalue weighted by Crippen LogP contribution is 2.22. The standard InChI is InChI=1S/C12H18O3S.C10H15NO3S.C10H10O3S.C9H9NO3S.C9H10O5S.CHF3O3S/c1-12(2,3)8-9-15-10-4-6-11(7-5-10)16(13)14;1-11(2)7-8-14-9-3-5-10(6-4-9)15(12)13;1-8(11)2-3-9-4-6-10(7-5-9)14(12)13;10-9(11)6-3-7-1-4-8(5-2-7)14(12)13;1-13-9(10)6-14-7-2-4-8(5-3-7)15(11)12;2-1(3,4)8(5,6)7/h4-7H,8-9H2,1-3H3,(H,13,14);3-6H,7-8H2,1-2H3,(H,12,13);2-7H,1H3,(H,12,13);1-6H,(H2,10,11)(H,12,13);2-5H,6H2,1H3,(H,11,12);(H,5,6,7)/p-6/b;;3-2+;6-3+;;. The zero-order valence-electron chi connectivity index (χ0n) is 44.7. The molecule has 454 valence electrons. The summed E-state index contributed by atoms with van der Waals surface area (Å²) in [5.41, 5.74) is 1.02. The number of carbonyl (C=O) groups is 3. The van der Waals surface area contributed by atoms with Crippen LogP contribution in [0.15, 0.2) is 158 Å². The highest BCUT2D eigenvalue weighted by atomic mass is 32.2. The molecule has 1 amide bonds. The first-order valence-electron chi connectivity index (χ1n) is 22.8. The van der Waals surface area contributed by atoms with Gasteiger partial charge in [-0.2, -0.15) is 13.2 Å². The topological polar surface area (TPSA) is 375 Å². The molecule has 5 atom stereocenters.